The fourth-order valence-corrected chi connectivity index (χ4v) is 3.31. The molecule has 1 aliphatic heterocycles. The molecule has 2 aromatic rings. The predicted molar refractivity (Wildman–Crippen MR) is 101 cm³/mol. The van der Waals surface area contributed by atoms with E-state index in [1.54, 1.807) is 6.20 Å². The van der Waals surface area contributed by atoms with E-state index >= 15 is 0 Å². The molecule has 2 heterocycles. The van der Waals surface area contributed by atoms with E-state index in [4.69, 9.17) is 11.6 Å². The van der Waals surface area contributed by atoms with Crippen LogP contribution in [0.4, 0.5) is 0 Å². The van der Waals surface area contributed by atoms with Crippen LogP contribution in [0.5, 0.6) is 0 Å². The molecule has 1 aromatic carbocycles. The number of pyridine rings is 1. The third-order valence-electron chi connectivity index (χ3n) is 4.72. The van der Waals surface area contributed by atoms with Crippen molar-refractivity contribution in [2.75, 3.05) is 26.2 Å². The van der Waals surface area contributed by atoms with Crippen LogP contribution in [0.2, 0.25) is 5.02 Å². The summed E-state index contributed by atoms with van der Waals surface area (Å²) in [4.78, 5) is 21.0. The van der Waals surface area contributed by atoms with Crippen molar-refractivity contribution >= 4 is 17.5 Å². The molecular formula is C20H24ClN3O. The summed E-state index contributed by atoms with van der Waals surface area (Å²) >= 11 is 6.16. The van der Waals surface area contributed by atoms with Crippen molar-refractivity contribution in [3.63, 3.8) is 0 Å². The number of hydrogen-bond donors (Lipinski definition) is 0. The maximum Gasteiger partial charge on any atom is 0.222 e. The number of halogens is 1. The maximum absolute atomic E-state index is 12.5. The van der Waals surface area contributed by atoms with Gasteiger partial charge in [-0.3, -0.25) is 14.7 Å². The quantitative estimate of drug-likeness (QED) is 0.823. The zero-order chi connectivity index (χ0) is 17.6. The summed E-state index contributed by atoms with van der Waals surface area (Å²) in [6, 6.07) is 10.1. The van der Waals surface area contributed by atoms with Crippen LogP contribution >= 0.6 is 11.6 Å². The van der Waals surface area contributed by atoms with E-state index in [2.05, 4.69) is 22.0 Å². The SMILES string of the molecule is Cc1ccc(CCC(=O)N2CCN(Cc3cccnc3)CC2)cc1Cl. The fourth-order valence-electron chi connectivity index (χ4n) is 3.11. The lowest BCUT2D eigenvalue weighted by Gasteiger charge is -2.34. The summed E-state index contributed by atoms with van der Waals surface area (Å²) in [5.41, 5.74) is 3.42. The van der Waals surface area contributed by atoms with Crippen molar-refractivity contribution in [2.45, 2.75) is 26.3 Å². The van der Waals surface area contributed by atoms with Gasteiger partial charge in [-0.2, -0.15) is 0 Å². The highest BCUT2D eigenvalue weighted by Crippen LogP contribution is 2.18. The topological polar surface area (TPSA) is 36.4 Å². The first-order valence-corrected chi connectivity index (χ1v) is 9.13. The summed E-state index contributed by atoms with van der Waals surface area (Å²) < 4.78 is 0. The lowest BCUT2D eigenvalue weighted by molar-refractivity contribution is -0.133. The number of hydrogen-bond acceptors (Lipinski definition) is 3. The molecule has 4 nitrogen and oxygen atoms in total. The number of benzene rings is 1. The largest absolute Gasteiger partial charge is 0.340 e. The Hall–Kier alpha value is -1.91. The van der Waals surface area contributed by atoms with Crippen molar-refractivity contribution < 1.29 is 4.79 Å². The van der Waals surface area contributed by atoms with Gasteiger partial charge in [0.05, 0.1) is 0 Å². The molecule has 0 atom stereocenters. The van der Waals surface area contributed by atoms with Gasteiger partial charge in [0.2, 0.25) is 5.91 Å². The van der Waals surface area contributed by atoms with Crippen molar-refractivity contribution in [2.24, 2.45) is 0 Å². The van der Waals surface area contributed by atoms with Gasteiger partial charge in [-0.25, -0.2) is 0 Å². The zero-order valence-electron chi connectivity index (χ0n) is 14.6. The van der Waals surface area contributed by atoms with Gasteiger partial charge in [0.1, 0.15) is 0 Å². The smallest absolute Gasteiger partial charge is 0.222 e. The first-order valence-electron chi connectivity index (χ1n) is 8.76. The molecule has 0 radical (unpaired) electrons. The Bertz CT molecular complexity index is 712. The van der Waals surface area contributed by atoms with Crippen LogP contribution < -0.4 is 0 Å². The zero-order valence-corrected chi connectivity index (χ0v) is 15.4. The van der Waals surface area contributed by atoms with E-state index in [9.17, 15) is 4.79 Å². The molecule has 0 unspecified atom stereocenters. The van der Waals surface area contributed by atoms with Crippen molar-refractivity contribution in [3.8, 4) is 0 Å². The molecule has 1 aliphatic rings. The number of piperazine rings is 1. The van der Waals surface area contributed by atoms with E-state index in [0.29, 0.717) is 6.42 Å². The van der Waals surface area contributed by atoms with Gasteiger partial charge in [-0.1, -0.05) is 29.8 Å². The number of nitrogens with zero attached hydrogens (tertiary/aromatic N) is 3. The Morgan fingerprint density at radius 3 is 2.64 bits per heavy atom. The average Bonchev–Trinajstić information content (AvgIpc) is 2.64. The van der Waals surface area contributed by atoms with Crippen LogP contribution in [-0.2, 0) is 17.8 Å². The highest BCUT2D eigenvalue weighted by molar-refractivity contribution is 6.31. The third kappa shape index (κ3) is 5.03. The predicted octanol–water partition coefficient (Wildman–Crippen LogP) is 3.32. The lowest BCUT2D eigenvalue weighted by atomic mass is 10.1. The van der Waals surface area contributed by atoms with E-state index in [1.165, 1.54) is 5.56 Å². The monoisotopic (exact) mass is 357 g/mol. The van der Waals surface area contributed by atoms with Gasteiger partial charge in [-0.15, -0.1) is 0 Å². The molecule has 1 amide bonds. The van der Waals surface area contributed by atoms with Crippen LogP contribution in [0.3, 0.4) is 0 Å². The van der Waals surface area contributed by atoms with Crippen molar-refractivity contribution in [3.05, 3.63) is 64.4 Å². The molecule has 1 saturated heterocycles. The van der Waals surface area contributed by atoms with Crippen LogP contribution in [0, 0.1) is 6.92 Å². The van der Waals surface area contributed by atoms with Crippen LogP contribution in [-0.4, -0.2) is 46.9 Å². The normalized spacial score (nSPS) is 15.4. The van der Waals surface area contributed by atoms with E-state index in [1.807, 2.05) is 36.2 Å². The van der Waals surface area contributed by atoms with Crippen molar-refractivity contribution in [1.29, 1.82) is 0 Å². The standard InChI is InChI=1S/C20H24ClN3O/c1-16-4-5-17(13-19(16)21)6-7-20(25)24-11-9-23(10-12-24)15-18-3-2-8-22-14-18/h2-5,8,13-14H,6-7,9-12,15H2,1H3. The first-order chi connectivity index (χ1) is 12.1. The minimum absolute atomic E-state index is 0.234. The summed E-state index contributed by atoms with van der Waals surface area (Å²) in [5, 5.41) is 0.772. The molecule has 25 heavy (non-hydrogen) atoms. The molecule has 5 heteroatoms. The minimum Gasteiger partial charge on any atom is -0.340 e. The number of aromatic nitrogens is 1. The Balaban J connectivity index is 1.44. The number of aryl methyl sites for hydroxylation is 2. The molecule has 0 bridgehead atoms. The van der Waals surface area contributed by atoms with Crippen LogP contribution in [0.25, 0.3) is 0 Å². The summed E-state index contributed by atoms with van der Waals surface area (Å²) in [6.45, 7) is 6.31. The number of rotatable bonds is 5. The van der Waals surface area contributed by atoms with E-state index in [-0.39, 0.29) is 5.91 Å². The van der Waals surface area contributed by atoms with E-state index < -0.39 is 0 Å². The lowest BCUT2D eigenvalue weighted by Crippen LogP contribution is -2.48. The highest BCUT2D eigenvalue weighted by Gasteiger charge is 2.20. The Kier molecular flexibility index (Phi) is 6.05. The molecule has 0 spiro atoms. The summed E-state index contributed by atoms with van der Waals surface area (Å²) in [7, 11) is 0. The Morgan fingerprint density at radius 2 is 1.96 bits per heavy atom. The van der Waals surface area contributed by atoms with Crippen molar-refractivity contribution in [1.82, 2.24) is 14.8 Å². The number of carbonyl (C=O) groups excluding carboxylic acids is 1. The van der Waals surface area contributed by atoms with Gasteiger partial charge in [0.25, 0.3) is 0 Å². The average molecular weight is 358 g/mol. The second-order valence-electron chi connectivity index (χ2n) is 6.60. The molecule has 3 rings (SSSR count). The van der Waals surface area contributed by atoms with Gasteiger partial charge >= 0.3 is 0 Å². The van der Waals surface area contributed by atoms with E-state index in [0.717, 1.165) is 55.3 Å². The molecule has 1 aromatic heterocycles. The molecule has 0 aliphatic carbocycles. The van der Waals surface area contributed by atoms with Gasteiger partial charge in [0, 0.05) is 56.6 Å². The van der Waals surface area contributed by atoms with Crippen LogP contribution in [0.15, 0.2) is 42.7 Å². The summed E-state index contributed by atoms with van der Waals surface area (Å²) in [5.74, 6) is 0.234. The fraction of sp³-hybridized carbons (Fsp3) is 0.400. The molecule has 0 saturated carbocycles. The highest BCUT2D eigenvalue weighted by atomic mass is 35.5. The third-order valence-corrected chi connectivity index (χ3v) is 5.12. The number of carbonyl (C=O) groups is 1. The minimum atomic E-state index is 0.234. The van der Waals surface area contributed by atoms with Gasteiger partial charge < -0.3 is 4.90 Å². The molecule has 1 fully saturated rings. The molecular weight excluding hydrogens is 334 g/mol. The maximum atomic E-state index is 12.5. The second-order valence-corrected chi connectivity index (χ2v) is 7.01. The summed E-state index contributed by atoms with van der Waals surface area (Å²) in [6.07, 6.45) is 4.99. The second kappa shape index (κ2) is 8.45. The molecule has 132 valence electrons. The Morgan fingerprint density at radius 1 is 1.16 bits per heavy atom. The Labute approximate surface area is 154 Å². The molecule has 0 N–H and O–H groups in total. The van der Waals surface area contributed by atoms with Gasteiger partial charge in [-0.05, 0) is 42.2 Å². The first kappa shape index (κ1) is 17.9. The van der Waals surface area contributed by atoms with Crippen LogP contribution in [0.1, 0.15) is 23.1 Å². The number of amides is 1. The van der Waals surface area contributed by atoms with Gasteiger partial charge in [0.15, 0.2) is 0 Å².